The van der Waals surface area contributed by atoms with Crippen LogP contribution in [0, 0.1) is 6.92 Å². The Kier molecular flexibility index (Phi) is 6.71. The molecule has 2 aliphatic carbocycles. The van der Waals surface area contributed by atoms with E-state index in [1.807, 2.05) is 38.2 Å². The number of halogens is 1. The van der Waals surface area contributed by atoms with E-state index in [1.54, 1.807) is 18.2 Å². The number of ether oxygens (including phenoxy) is 1. The van der Waals surface area contributed by atoms with Gasteiger partial charge in [-0.25, -0.2) is 0 Å². The molecule has 36 heavy (non-hydrogen) atoms. The van der Waals surface area contributed by atoms with Crippen LogP contribution in [0.5, 0.6) is 5.75 Å². The van der Waals surface area contributed by atoms with Crippen molar-refractivity contribution in [2.24, 2.45) is 0 Å². The molecule has 2 aromatic carbocycles. The topological polar surface area (TPSA) is 75.7 Å². The van der Waals surface area contributed by atoms with Gasteiger partial charge in [-0.2, -0.15) is 0 Å². The third-order valence-corrected chi connectivity index (χ3v) is 7.70. The van der Waals surface area contributed by atoms with Gasteiger partial charge >= 0.3 is 0 Å². The third kappa shape index (κ3) is 4.46. The SMILES string of the molecule is Cc1ccc(NC(=O)COc2ccccc2C2C3=C(CCCC3=O)N(C)C3=C2C(=O)CCC3)cc1Cl. The smallest absolute Gasteiger partial charge is 0.262 e. The fourth-order valence-electron chi connectivity index (χ4n) is 5.52. The van der Waals surface area contributed by atoms with E-state index >= 15 is 0 Å². The number of nitrogens with zero attached hydrogens (tertiary/aromatic N) is 1. The molecule has 2 aromatic rings. The predicted octanol–water partition coefficient (Wildman–Crippen LogP) is 5.71. The van der Waals surface area contributed by atoms with Crippen LogP contribution in [-0.2, 0) is 14.4 Å². The molecule has 7 heteroatoms. The largest absolute Gasteiger partial charge is 0.483 e. The lowest BCUT2D eigenvalue weighted by Gasteiger charge is -2.42. The highest BCUT2D eigenvalue weighted by molar-refractivity contribution is 6.31. The van der Waals surface area contributed by atoms with Crippen LogP contribution in [0.1, 0.15) is 55.6 Å². The summed E-state index contributed by atoms with van der Waals surface area (Å²) in [7, 11) is 1.97. The summed E-state index contributed by atoms with van der Waals surface area (Å²) in [5.41, 5.74) is 5.69. The lowest BCUT2D eigenvalue weighted by atomic mass is 9.71. The first-order chi connectivity index (χ1) is 17.3. The minimum atomic E-state index is -0.470. The molecule has 0 fully saturated rings. The van der Waals surface area contributed by atoms with Gasteiger partial charge in [-0.1, -0.05) is 35.9 Å². The summed E-state index contributed by atoms with van der Waals surface area (Å²) in [5.74, 6) is -0.124. The maximum Gasteiger partial charge on any atom is 0.262 e. The van der Waals surface area contributed by atoms with Gasteiger partial charge in [0, 0.05) is 64.6 Å². The Morgan fingerprint density at radius 1 is 1.00 bits per heavy atom. The fourth-order valence-corrected chi connectivity index (χ4v) is 5.71. The number of carbonyl (C=O) groups excluding carboxylic acids is 3. The summed E-state index contributed by atoms with van der Waals surface area (Å²) in [6.45, 7) is 1.68. The zero-order valence-electron chi connectivity index (χ0n) is 20.5. The molecule has 0 radical (unpaired) electrons. The first kappa shape index (κ1) is 24.3. The van der Waals surface area contributed by atoms with Gasteiger partial charge in [0.25, 0.3) is 5.91 Å². The average molecular weight is 505 g/mol. The summed E-state index contributed by atoms with van der Waals surface area (Å²) in [6.07, 6.45) is 4.20. The second-order valence-electron chi connectivity index (χ2n) is 9.60. The maximum absolute atomic E-state index is 13.2. The van der Waals surface area contributed by atoms with Gasteiger partial charge in [0.15, 0.2) is 18.2 Å². The quantitative estimate of drug-likeness (QED) is 0.564. The number of nitrogens with one attached hydrogen (secondary N) is 1. The van der Waals surface area contributed by atoms with Crippen LogP contribution in [-0.4, -0.2) is 36.0 Å². The average Bonchev–Trinajstić information content (AvgIpc) is 2.86. The Labute approximate surface area is 216 Å². The molecule has 6 nitrogen and oxygen atoms in total. The van der Waals surface area contributed by atoms with E-state index in [4.69, 9.17) is 16.3 Å². The molecule has 186 valence electrons. The van der Waals surface area contributed by atoms with Crippen molar-refractivity contribution >= 4 is 34.8 Å². The first-order valence-electron chi connectivity index (χ1n) is 12.4. The molecule has 0 saturated heterocycles. The van der Waals surface area contributed by atoms with Gasteiger partial charge < -0.3 is 15.0 Å². The molecular formula is C29H29ClN2O4. The number of para-hydroxylation sites is 1. The lowest BCUT2D eigenvalue weighted by Crippen LogP contribution is -2.37. The number of benzene rings is 2. The van der Waals surface area contributed by atoms with E-state index in [1.165, 1.54) is 0 Å². The number of hydrogen-bond donors (Lipinski definition) is 1. The number of ketones is 2. The van der Waals surface area contributed by atoms with Gasteiger partial charge in [0.2, 0.25) is 0 Å². The van der Waals surface area contributed by atoms with Crippen molar-refractivity contribution in [1.29, 1.82) is 0 Å². The molecule has 5 rings (SSSR count). The Morgan fingerprint density at radius 3 is 2.28 bits per heavy atom. The van der Waals surface area contributed by atoms with Gasteiger partial charge in [-0.3, -0.25) is 14.4 Å². The molecule has 0 saturated carbocycles. The third-order valence-electron chi connectivity index (χ3n) is 7.29. The molecule has 3 aliphatic rings. The van der Waals surface area contributed by atoms with Crippen molar-refractivity contribution in [2.75, 3.05) is 19.0 Å². The molecule has 0 bridgehead atoms. The van der Waals surface area contributed by atoms with E-state index in [2.05, 4.69) is 10.2 Å². The van der Waals surface area contributed by atoms with Crippen LogP contribution >= 0.6 is 11.6 Å². The molecule has 0 atom stereocenters. The summed E-state index contributed by atoms with van der Waals surface area (Å²) < 4.78 is 6.01. The van der Waals surface area contributed by atoms with Crippen LogP contribution in [0.15, 0.2) is 65.0 Å². The van der Waals surface area contributed by atoms with Crippen LogP contribution in [0.2, 0.25) is 5.02 Å². The molecular weight excluding hydrogens is 476 g/mol. The van der Waals surface area contributed by atoms with E-state index in [9.17, 15) is 14.4 Å². The van der Waals surface area contributed by atoms with Crippen molar-refractivity contribution in [3.05, 3.63) is 81.2 Å². The zero-order chi connectivity index (χ0) is 25.4. The lowest BCUT2D eigenvalue weighted by molar-refractivity contribution is -0.119. The van der Waals surface area contributed by atoms with Gasteiger partial charge in [0.05, 0.1) is 0 Å². The monoisotopic (exact) mass is 504 g/mol. The van der Waals surface area contributed by atoms with Crippen LogP contribution in [0.3, 0.4) is 0 Å². The number of amides is 1. The van der Waals surface area contributed by atoms with Crippen molar-refractivity contribution in [2.45, 2.75) is 51.4 Å². The highest BCUT2D eigenvalue weighted by Crippen LogP contribution is 2.50. The second-order valence-corrected chi connectivity index (χ2v) is 10.0. The number of Topliss-reactive ketones (excluding diaryl/α,β-unsaturated/α-hetero) is 2. The number of rotatable bonds is 5. The van der Waals surface area contributed by atoms with Crippen molar-refractivity contribution in [3.8, 4) is 5.75 Å². The molecule has 0 spiro atoms. The number of anilines is 1. The minimum Gasteiger partial charge on any atom is -0.483 e. The Balaban J connectivity index is 1.47. The number of carbonyl (C=O) groups is 3. The molecule has 1 amide bonds. The predicted molar refractivity (Wildman–Crippen MR) is 139 cm³/mol. The number of aryl methyl sites for hydroxylation is 1. The maximum atomic E-state index is 13.2. The summed E-state index contributed by atoms with van der Waals surface area (Å²) in [4.78, 5) is 41.2. The Bertz CT molecular complexity index is 1280. The van der Waals surface area contributed by atoms with E-state index in [0.29, 0.717) is 40.4 Å². The second kappa shape index (κ2) is 9.94. The van der Waals surface area contributed by atoms with E-state index in [-0.39, 0.29) is 24.1 Å². The number of hydrogen-bond acceptors (Lipinski definition) is 5. The standard InChI is InChI=1S/C29H29ClN2O4/c1-17-13-14-18(15-20(17)30)31-26(35)16-36-25-12-4-3-7-19(25)27-28-21(8-5-10-23(28)33)32(2)22-9-6-11-24(34)29(22)27/h3-4,7,12-15,27H,5-6,8-11,16H2,1-2H3,(H,31,35). The highest BCUT2D eigenvalue weighted by atomic mass is 35.5. The van der Waals surface area contributed by atoms with Crippen molar-refractivity contribution in [1.82, 2.24) is 4.90 Å². The van der Waals surface area contributed by atoms with Crippen molar-refractivity contribution < 1.29 is 19.1 Å². The minimum absolute atomic E-state index is 0.0850. The molecule has 1 heterocycles. The normalized spacial score (nSPS) is 18.2. The first-order valence-corrected chi connectivity index (χ1v) is 12.8. The molecule has 0 aromatic heterocycles. The van der Waals surface area contributed by atoms with E-state index < -0.39 is 5.92 Å². The van der Waals surface area contributed by atoms with Crippen molar-refractivity contribution in [3.63, 3.8) is 0 Å². The molecule has 1 aliphatic heterocycles. The molecule has 0 unspecified atom stereocenters. The fraction of sp³-hybridized carbons (Fsp3) is 0.345. The highest BCUT2D eigenvalue weighted by Gasteiger charge is 2.43. The van der Waals surface area contributed by atoms with Gasteiger partial charge in [0.1, 0.15) is 5.75 Å². The summed E-state index contributed by atoms with van der Waals surface area (Å²) in [5, 5.41) is 3.38. The number of allylic oxidation sites excluding steroid dienone is 4. The van der Waals surface area contributed by atoms with E-state index in [0.717, 1.165) is 48.2 Å². The van der Waals surface area contributed by atoms with Crippen LogP contribution in [0.25, 0.3) is 0 Å². The Hall–Kier alpha value is -3.38. The summed E-state index contributed by atoms with van der Waals surface area (Å²) in [6, 6.07) is 12.8. The zero-order valence-corrected chi connectivity index (χ0v) is 21.3. The van der Waals surface area contributed by atoms with Crippen LogP contribution < -0.4 is 10.1 Å². The van der Waals surface area contributed by atoms with Gasteiger partial charge in [-0.15, -0.1) is 0 Å². The van der Waals surface area contributed by atoms with Gasteiger partial charge in [-0.05, 0) is 56.4 Å². The Morgan fingerprint density at radius 2 is 1.64 bits per heavy atom. The molecule has 1 N–H and O–H groups in total. The summed E-state index contributed by atoms with van der Waals surface area (Å²) >= 11 is 6.17. The van der Waals surface area contributed by atoms with Crippen LogP contribution in [0.4, 0.5) is 5.69 Å².